The monoisotopic (exact) mass is 366 g/mol. The number of aromatic nitrogens is 2. The zero-order valence-electron chi connectivity index (χ0n) is 15.1. The molecule has 10 nitrogen and oxygen atoms in total. The standard InChI is InChI=1S/C16H26N6O4/c1-17-15(23)14-19-13(26-20-14)9-18-16(24)22-4-2-3-12(11-22)10-21-5-7-25-8-6-21/h12H,2-11H2,1H3,(H,17,23)(H,18,24)/t12-/m1/s1. The Labute approximate surface area is 152 Å². The zero-order chi connectivity index (χ0) is 18.4. The van der Waals surface area contributed by atoms with Gasteiger partial charge >= 0.3 is 6.03 Å². The summed E-state index contributed by atoms with van der Waals surface area (Å²) in [5.74, 6) is 0.225. The maximum atomic E-state index is 12.4. The third-order valence-electron chi connectivity index (χ3n) is 4.72. The Balaban J connectivity index is 1.44. The van der Waals surface area contributed by atoms with Gasteiger partial charge in [0.15, 0.2) is 0 Å². The number of nitrogens with one attached hydrogen (secondary N) is 2. The first-order valence-corrected chi connectivity index (χ1v) is 9.03. The van der Waals surface area contributed by atoms with Gasteiger partial charge in [-0.25, -0.2) is 4.79 Å². The number of hydrogen-bond donors (Lipinski definition) is 2. The second-order valence-corrected chi connectivity index (χ2v) is 6.62. The van der Waals surface area contributed by atoms with Crippen LogP contribution in [0.15, 0.2) is 4.52 Å². The summed E-state index contributed by atoms with van der Waals surface area (Å²) in [4.78, 5) is 32.0. The molecule has 1 aromatic heterocycles. The minimum atomic E-state index is -0.423. The van der Waals surface area contributed by atoms with Crippen molar-refractivity contribution in [2.24, 2.45) is 5.92 Å². The van der Waals surface area contributed by atoms with Crippen LogP contribution in [-0.4, -0.2) is 84.9 Å². The molecule has 0 aromatic carbocycles. The predicted molar refractivity (Wildman–Crippen MR) is 91.5 cm³/mol. The van der Waals surface area contributed by atoms with E-state index in [0.29, 0.717) is 5.92 Å². The Morgan fingerprint density at radius 1 is 1.27 bits per heavy atom. The van der Waals surface area contributed by atoms with Gasteiger partial charge in [0.1, 0.15) is 0 Å². The Hall–Kier alpha value is -2.20. The molecular weight excluding hydrogens is 340 g/mol. The molecule has 3 heterocycles. The van der Waals surface area contributed by atoms with Gasteiger partial charge in [-0.2, -0.15) is 4.98 Å². The van der Waals surface area contributed by atoms with E-state index in [1.165, 1.54) is 7.05 Å². The van der Waals surface area contributed by atoms with Gasteiger partial charge in [0, 0.05) is 39.8 Å². The van der Waals surface area contributed by atoms with E-state index in [1.54, 1.807) is 0 Å². The molecule has 10 heteroatoms. The summed E-state index contributed by atoms with van der Waals surface area (Å²) in [6, 6.07) is -0.142. The topological polar surface area (TPSA) is 113 Å². The number of nitrogens with zero attached hydrogens (tertiary/aromatic N) is 4. The van der Waals surface area contributed by atoms with Crippen LogP contribution >= 0.6 is 0 Å². The summed E-state index contributed by atoms with van der Waals surface area (Å²) >= 11 is 0. The van der Waals surface area contributed by atoms with Crippen LogP contribution in [0.2, 0.25) is 0 Å². The number of urea groups is 1. The SMILES string of the molecule is CNC(=O)c1noc(CNC(=O)N2CCC[C@H](CN3CCOCC3)C2)n1. The Morgan fingerprint density at radius 2 is 2.08 bits per heavy atom. The van der Waals surface area contributed by atoms with Crippen LogP contribution in [0.4, 0.5) is 4.79 Å². The highest BCUT2D eigenvalue weighted by Gasteiger charge is 2.26. The molecule has 26 heavy (non-hydrogen) atoms. The first-order chi connectivity index (χ1) is 12.7. The molecule has 0 saturated carbocycles. The van der Waals surface area contributed by atoms with Crippen molar-refractivity contribution in [3.05, 3.63) is 11.7 Å². The number of rotatable bonds is 5. The zero-order valence-corrected chi connectivity index (χ0v) is 15.1. The molecule has 1 aromatic rings. The lowest BCUT2D eigenvalue weighted by atomic mass is 9.97. The molecule has 2 aliphatic heterocycles. The van der Waals surface area contributed by atoms with E-state index < -0.39 is 5.91 Å². The maximum absolute atomic E-state index is 12.4. The predicted octanol–water partition coefficient (Wildman–Crippen LogP) is -0.317. The lowest BCUT2D eigenvalue weighted by molar-refractivity contribution is 0.0249. The van der Waals surface area contributed by atoms with E-state index in [2.05, 4.69) is 25.7 Å². The Bertz CT molecular complexity index is 616. The number of likely N-dealkylation sites (tertiary alicyclic amines) is 1. The number of morpholine rings is 1. The van der Waals surface area contributed by atoms with Crippen LogP contribution in [0.5, 0.6) is 0 Å². The second-order valence-electron chi connectivity index (χ2n) is 6.62. The van der Waals surface area contributed by atoms with Crippen molar-refractivity contribution in [3.8, 4) is 0 Å². The lowest BCUT2D eigenvalue weighted by Crippen LogP contribution is -2.48. The van der Waals surface area contributed by atoms with Crippen molar-refractivity contribution in [3.63, 3.8) is 0 Å². The van der Waals surface area contributed by atoms with E-state index in [-0.39, 0.29) is 24.3 Å². The van der Waals surface area contributed by atoms with Crippen LogP contribution in [-0.2, 0) is 11.3 Å². The summed E-state index contributed by atoms with van der Waals surface area (Å²) in [5, 5.41) is 8.78. The molecule has 3 amide bonds. The number of carbonyl (C=O) groups excluding carboxylic acids is 2. The van der Waals surface area contributed by atoms with Crippen LogP contribution in [0.3, 0.4) is 0 Å². The van der Waals surface area contributed by atoms with Crippen molar-refractivity contribution in [1.29, 1.82) is 0 Å². The fourth-order valence-corrected chi connectivity index (χ4v) is 3.34. The van der Waals surface area contributed by atoms with E-state index >= 15 is 0 Å². The number of ether oxygens (including phenoxy) is 1. The van der Waals surface area contributed by atoms with Gasteiger partial charge in [-0.1, -0.05) is 5.16 Å². The molecule has 144 valence electrons. The molecular formula is C16H26N6O4. The minimum Gasteiger partial charge on any atom is -0.379 e. The van der Waals surface area contributed by atoms with Gasteiger partial charge in [0.2, 0.25) is 5.89 Å². The second kappa shape index (κ2) is 8.95. The molecule has 0 aliphatic carbocycles. The summed E-state index contributed by atoms with van der Waals surface area (Å²) in [7, 11) is 1.49. The van der Waals surface area contributed by atoms with E-state index in [9.17, 15) is 9.59 Å². The van der Waals surface area contributed by atoms with Crippen LogP contribution in [0, 0.1) is 5.92 Å². The normalized spacial score (nSPS) is 21.4. The van der Waals surface area contributed by atoms with Crippen molar-refractivity contribution in [2.75, 3.05) is 53.0 Å². The number of amides is 3. The number of piperidine rings is 1. The number of hydrogen-bond acceptors (Lipinski definition) is 7. The van der Waals surface area contributed by atoms with E-state index in [0.717, 1.165) is 58.8 Å². The fourth-order valence-electron chi connectivity index (χ4n) is 3.34. The molecule has 2 aliphatic rings. The smallest absolute Gasteiger partial charge is 0.317 e. The fraction of sp³-hybridized carbons (Fsp3) is 0.750. The Morgan fingerprint density at radius 3 is 2.85 bits per heavy atom. The minimum absolute atomic E-state index is 0.0414. The largest absolute Gasteiger partial charge is 0.379 e. The van der Waals surface area contributed by atoms with Crippen molar-refractivity contribution in [2.45, 2.75) is 19.4 Å². The first-order valence-electron chi connectivity index (χ1n) is 9.03. The first kappa shape index (κ1) is 18.6. The van der Waals surface area contributed by atoms with Gasteiger partial charge < -0.3 is 24.8 Å². The molecule has 2 saturated heterocycles. The van der Waals surface area contributed by atoms with E-state index in [4.69, 9.17) is 9.26 Å². The van der Waals surface area contributed by atoms with Crippen LogP contribution in [0.1, 0.15) is 29.4 Å². The van der Waals surface area contributed by atoms with Gasteiger partial charge in [-0.05, 0) is 18.8 Å². The van der Waals surface area contributed by atoms with Crippen LogP contribution in [0.25, 0.3) is 0 Å². The average molecular weight is 366 g/mol. The molecule has 2 fully saturated rings. The average Bonchev–Trinajstić information content (AvgIpc) is 3.15. The van der Waals surface area contributed by atoms with Gasteiger partial charge in [0.05, 0.1) is 19.8 Å². The number of carbonyl (C=O) groups is 2. The van der Waals surface area contributed by atoms with Crippen molar-refractivity contribution in [1.82, 2.24) is 30.6 Å². The molecule has 0 bridgehead atoms. The highest BCUT2D eigenvalue weighted by Crippen LogP contribution is 2.18. The van der Waals surface area contributed by atoms with E-state index in [1.807, 2.05) is 4.90 Å². The van der Waals surface area contributed by atoms with Gasteiger partial charge in [-0.3, -0.25) is 9.69 Å². The summed E-state index contributed by atoms with van der Waals surface area (Å²) in [6.07, 6.45) is 2.14. The maximum Gasteiger partial charge on any atom is 0.317 e. The van der Waals surface area contributed by atoms with Crippen molar-refractivity contribution >= 4 is 11.9 Å². The quantitative estimate of drug-likeness (QED) is 0.734. The molecule has 3 rings (SSSR count). The highest BCUT2D eigenvalue weighted by atomic mass is 16.5. The molecule has 0 spiro atoms. The Kier molecular flexibility index (Phi) is 6.40. The van der Waals surface area contributed by atoms with Gasteiger partial charge in [0.25, 0.3) is 11.7 Å². The third kappa shape index (κ3) is 4.92. The summed E-state index contributed by atoms with van der Waals surface area (Å²) in [6.45, 7) is 6.12. The summed E-state index contributed by atoms with van der Waals surface area (Å²) < 4.78 is 10.4. The highest BCUT2D eigenvalue weighted by molar-refractivity contribution is 5.89. The van der Waals surface area contributed by atoms with Crippen molar-refractivity contribution < 1.29 is 18.8 Å². The molecule has 1 atom stereocenters. The lowest BCUT2D eigenvalue weighted by Gasteiger charge is -2.36. The third-order valence-corrected chi connectivity index (χ3v) is 4.72. The summed E-state index contributed by atoms with van der Waals surface area (Å²) in [5.41, 5.74) is 0. The molecule has 0 unspecified atom stereocenters. The molecule has 0 radical (unpaired) electrons. The van der Waals surface area contributed by atoms with Gasteiger partial charge in [-0.15, -0.1) is 0 Å². The molecule has 2 N–H and O–H groups in total. The van der Waals surface area contributed by atoms with Crippen LogP contribution < -0.4 is 10.6 Å².